The lowest BCUT2D eigenvalue weighted by Gasteiger charge is -2.32. The average Bonchev–Trinajstić information content (AvgIpc) is 2.31. The number of benzene rings is 1. The highest BCUT2D eigenvalue weighted by Gasteiger charge is 2.27. The van der Waals surface area contributed by atoms with Crippen LogP contribution in [0.5, 0.6) is 0 Å². The predicted octanol–water partition coefficient (Wildman–Crippen LogP) is 2.13. The van der Waals surface area contributed by atoms with Gasteiger partial charge in [0.15, 0.2) is 0 Å². The van der Waals surface area contributed by atoms with E-state index in [0.717, 1.165) is 32.4 Å². The van der Waals surface area contributed by atoms with Crippen LogP contribution in [0, 0.1) is 0 Å². The lowest BCUT2D eigenvalue weighted by atomic mass is 10.0. The number of hydrogen-bond acceptors (Lipinski definition) is 2. The Hall–Kier alpha value is -1.35. The van der Waals surface area contributed by atoms with Gasteiger partial charge in [-0.15, -0.1) is 0 Å². The summed E-state index contributed by atoms with van der Waals surface area (Å²) in [6.07, 6.45) is 2.92. The first-order valence-corrected chi connectivity index (χ1v) is 5.78. The molecular weight excluding hydrogens is 202 g/mol. The summed E-state index contributed by atoms with van der Waals surface area (Å²) in [6, 6.07) is 9.77. The van der Waals surface area contributed by atoms with Crippen molar-refractivity contribution in [3.63, 3.8) is 0 Å². The molecule has 0 amide bonds. The normalized spacial score (nSPS) is 21.9. The number of likely N-dealkylation sites (tertiary alicyclic amines) is 1. The van der Waals surface area contributed by atoms with Crippen LogP contribution in [0.2, 0.25) is 0 Å². The number of carboxylic acids is 1. The standard InChI is InChI=1S/C13H17NO2/c15-13(16)12-8-4-5-9-14(12)10-11-6-2-1-3-7-11/h1-3,6-7,12H,4-5,8-10H2,(H,15,16). The van der Waals surface area contributed by atoms with E-state index in [-0.39, 0.29) is 6.04 Å². The first-order chi connectivity index (χ1) is 7.77. The van der Waals surface area contributed by atoms with Crippen LogP contribution < -0.4 is 0 Å². The van der Waals surface area contributed by atoms with E-state index in [2.05, 4.69) is 4.90 Å². The van der Waals surface area contributed by atoms with Crippen molar-refractivity contribution in [2.45, 2.75) is 31.8 Å². The van der Waals surface area contributed by atoms with Gasteiger partial charge in [0.1, 0.15) is 6.04 Å². The van der Waals surface area contributed by atoms with Gasteiger partial charge in [-0.3, -0.25) is 9.69 Å². The van der Waals surface area contributed by atoms with Crippen LogP contribution in [0.1, 0.15) is 24.8 Å². The fourth-order valence-electron chi connectivity index (χ4n) is 2.28. The SMILES string of the molecule is O=C(O)C1CCCCN1Cc1ccccc1. The number of rotatable bonds is 3. The molecule has 1 aliphatic heterocycles. The summed E-state index contributed by atoms with van der Waals surface area (Å²) in [6.45, 7) is 1.64. The van der Waals surface area contributed by atoms with Gasteiger partial charge >= 0.3 is 5.97 Å². The van der Waals surface area contributed by atoms with E-state index >= 15 is 0 Å². The molecule has 1 unspecified atom stereocenters. The minimum atomic E-state index is -0.685. The summed E-state index contributed by atoms with van der Waals surface area (Å²) in [7, 11) is 0. The van der Waals surface area contributed by atoms with Crippen molar-refractivity contribution >= 4 is 5.97 Å². The molecular formula is C13H17NO2. The van der Waals surface area contributed by atoms with Crippen molar-refractivity contribution in [1.82, 2.24) is 4.90 Å². The molecule has 0 radical (unpaired) electrons. The highest BCUT2D eigenvalue weighted by atomic mass is 16.4. The quantitative estimate of drug-likeness (QED) is 0.846. The lowest BCUT2D eigenvalue weighted by molar-refractivity contribution is -0.144. The Kier molecular flexibility index (Phi) is 3.57. The van der Waals surface area contributed by atoms with Gasteiger partial charge in [0.2, 0.25) is 0 Å². The van der Waals surface area contributed by atoms with Gasteiger partial charge in [0.05, 0.1) is 0 Å². The van der Waals surface area contributed by atoms with E-state index in [9.17, 15) is 4.79 Å². The van der Waals surface area contributed by atoms with E-state index in [4.69, 9.17) is 5.11 Å². The molecule has 86 valence electrons. The van der Waals surface area contributed by atoms with Crippen molar-refractivity contribution in [2.75, 3.05) is 6.54 Å². The molecule has 3 nitrogen and oxygen atoms in total. The number of carboxylic acid groups (broad SMARTS) is 1. The summed E-state index contributed by atoms with van der Waals surface area (Å²) in [5.74, 6) is -0.685. The van der Waals surface area contributed by atoms with Crippen molar-refractivity contribution in [3.8, 4) is 0 Å². The molecule has 0 aliphatic carbocycles. The predicted molar refractivity (Wildman–Crippen MR) is 62.1 cm³/mol. The summed E-state index contributed by atoms with van der Waals surface area (Å²) >= 11 is 0. The Morgan fingerprint density at radius 2 is 2.06 bits per heavy atom. The minimum Gasteiger partial charge on any atom is -0.480 e. The molecule has 1 aromatic carbocycles. The van der Waals surface area contributed by atoms with Crippen LogP contribution in [0.4, 0.5) is 0 Å². The summed E-state index contributed by atoms with van der Waals surface area (Å²) in [5, 5.41) is 9.15. The van der Waals surface area contributed by atoms with Crippen LogP contribution in [-0.2, 0) is 11.3 Å². The van der Waals surface area contributed by atoms with Crippen molar-refractivity contribution in [2.24, 2.45) is 0 Å². The van der Waals surface area contributed by atoms with Gasteiger partial charge < -0.3 is 5.11 Å². The molecule has 0 spiro atoms. The number of piperidine rings is 1. The van der Waals surface area contributed by atoms with E-state index in [0.29, 0.717) is 0 Å². The summed E-state index contributed by atoms with van der Waals surface area (Å²) in [5.41, 5.74) is 1.19. The highest BCUT2D eigenvalue weighted by Crippen LogP contribution is 2.19. The zero-order chi connectivity index (χ0) is 11.4. The molecule has 1 N–H and O–H groups in total. The molecule has 1 atom stereocenters. The third-order valence-corrected chi connectivity index (χ3v) is 3.13. The minimum absolute atomic E-state index is 0.297. The topological polar surface area (TPSA) is 40.5 Å². The molecule has 1 aliphatic rings. The number of carbonyl (C=O) groups is 1. The highest BCUT2D eigenvalue weighted by molar-refractivity contribution is 5.73. The first kappa shape index (κ1) is 11.1. The fraction of sp³-hybridized carbons (Fsp3) is 0.462. The van der Waals surface area contributed by atoms with E-state index < -0.39 is 5.97 Å². The third kappa shape index (κ3) is 2.61. The van der Waals surface area contributed by atoms with Gasteiger partial charge in [-0.1, -0.05) is 36.8 Å². The van der Waals surface area contributed by atoms with Crippen LogP contribution in [0.25, 0.3) is 0 Å². The van der Waals surface area contributed by atoms with Gasteiger partial charge in [-0.2, -0.15) is 0 Å². The molecule has 3 heteroatoms. The average molecular weight is 219 g/mol. The zero-order valence-corrected chi connectivity index (χ0v) is 9.30. The molecule has 0 saturated carbocycles. The van der Waals surface area contributed by atoms with E-state index in [1.807, 2.05) is 30.3 Å². The molecule has 1 fully saturated rings. The summed E-state index contributed by atoms with van der Waals surface area (Å²) in [4.78, 5) is 13.2. The Morgan fingerprint density at radius 1 is 1.31 bits per heavy atom. The number of nitrogens with zero attached hydrogens (tertiary/aromatic N) is 1. The second-order valence-corrected chi connectivity index (χ2v) is 4.31. The van der Waals surface area contributed by atoms with Crippen molar-refractivity contribution < 1.29 is 9.90 Å². The van der Waals surface area contributed by atoms with E-state index in [1.54, 1.807) is 0 Å². The number of aliphatic carboxylic acids is 1. The van der Waals surface area contributed by atoms with Gasteiger partial charge in [-0.25, -0.2) is 0 Å². The molecule has 1 saturated heterocycles. The number of hydrogen-bond donors (Lipinski definition) is 1. The van der Waals surface area contributed by atoms with Crippen LogP contribution in [0.15, 0.2) is 30.3 Å². The molecule has 16 heavy (non-hydrogen) atoms. The van der Waals surface area contributed by atoms with Crippen LogP contribution in [0.3, 0.4) is 0 Å². The second kappa shape index (κ2) is 5.12. The molecule has 1 aromatic rings. The molecule has 0 bridgehead atoms. The smallest absolute Gasteiger partial charge is 0.320 e. The van der Waals surface area contributed by atoms with E-state index in [1.165, 1.54) is 5.56 Å². The maximum absolute atomic E-state index is 11.1. The first-order valence-electron chi connectivity index (χ1n) is 5.78. The Balaban J connectivity index is 2.04. The Labute approximate surface area is 95.7 Å². The van der Waals surface area contributed by atoms with Crippen molar-refractivity contribution in [1.29, 1.82) is 0 Å². The summed E-state index contributed by atoms with van der Waals surface area (Å²) < 4.78 is 0. The largest absolute Gasteiger partial charge is 0.480 e. The maximum atomic E-state index is 11.1. The van der Waals surface area contributed by atoms with Crippen LogP contribution >= 0.6 is 0 Å². The third-order valence-electron chi connectivity index (χ3n) is 3.13. The molecule has 1 heterocycles. The maximum Gasteiger partial charge on any atom is 0.320 e. The van der Waals surface area contributed by atoms with Crippen LogP contribution in [-0.4, -0.2) is 28.6 Å². The van der Waals surface area contributed by atoms with Crippen molar-refractivity contribution in [3.05, 3.63) is 35.9 Å². The van der Waals surface area contributed by atoms with Gasteiger partial charge in [0.25, 0.3) is 0 Å². The Bertz CT molecular complexity index is 350. The monoisotopic (exact) mass is 219 g/mol. The second-order valence-electron chi connectivity index (χ2n) is 4.31. The van der Waals surface area contributed by atoms with Gasteiger partial charge in [0, 0.05) is 6.54 Å². The lowest BCUT2D eigenvalue weighted by Crippen LogP contribution is -2.43. The van der Waals surface area contributed by atoms with Gasteiger partial charge in [-0.05, 0) is 24.9 Å². The fourth-order valence-corrected chi connectivity index (χ4v) is 2.28. The zero-order valence-electron chi connectivity index (χ0n) is 9.30. The molecule has 2 rings (SSSR count). The molecule has 0 aromatic heterocycles. The Morgan fingerprint density at radius 3 is 2.75 bits per heavy atom.